The van der Waals surface area contributed by atoms with Gasteiger partial charge in [0.25, 0.3) is 5.69 Å². The van der Waals surface area contributed by atoms with E-state index in [0.717, 1.165) is 16.6 Å². The van der Waals surface area contributed by atoms with Gasteiger partial charge in [-0.25, -0.2) is 4.98 Å². The van der Waals surface area contributed by atoms with Gasteiger partial charge in [-0.15, -0.1) is 11.3 Å². The van der Waals surface area contributed by atoms with E-state index in [2.05, 4.69) is 4.98 Å². The first-order valence-electron chi connectivity index (χ1n) is 5.54. The standard InChI is InChI=1S/C12H10N2O4S2/c1-7-11(13-12(20-7)19-6-10(15)16)8-3-2-4-9(5-8)14(17)18/h2-5H,6H2,1H3,(H,15,16). The lowest BCUT2D eigenvalue weighted by Gasteiger charge is -1.98. The number of carboxylic acids is 1. The quantitative estimate of drug-likeness (QED) is 0.518. The number of hydrogen-bond donors (Lipinski definition) is 1. The van der Waals surface area contributed by atoms with Gasteiger partial charge in [0, 0.05) is 22.6 Å². The molecule has 0 aliphatic carbocycles. The van der Waals surface area contributed by atoms with Crippen molar-refractivity contribution in [3.05, 3.63) is 39.3 Å². The lowest BCUT2D eigenvalue weighted by Crippen LogP contribution is -1.97. The molecule has 104 valence electrons. The minimum absolute atomic E-state index is 0.00893. The second kappa shape index (κ2) is 6.02. The summed E-state index contributed by atoms with van der Waals surface area (Å²) in [5.41, 5.74) is 1.33. The van der Waals surface area contributed by atoms with Crippen molar-refractivity contribution in [2.24, 2.45) is 0 Å². The SMILES string of the molecule is Cc1sc(SCC(=O)O)nc1-c1cccc([N+](=O)[O-])c1. The molecule has 0 saturated carbocycles. The molecule has 0 aliphatic rings. The van der Waals surface area contributed by atoms with Crippen LogP contribution in [0.1, 0.15) is 4.88 Å². The van der Waals surface area contributed by atoms with Crippen LogP contribution in [0.3, 0.4) is 0 Å². The first kappa shape index (κ1) is 14.5. The average Bonchev–Trinajstić information content (AvgIpc) is 2.78. The molecule has 0 bridgehead atoms. The highest BCUT2D eigenvalue weighted by Crippen LogP contribution is 2.33. The van der Waals surface area contributed by atoms with Gasteiger partial charge in [0.05, 0.1) is 16.4 Å². The molecule has 0 amide bonds. The predicted octanol–water partition coefficient (Wildman–Crippen LogP) is 3.20. The van der Waals surface area contributed by atoms with Gasteiger partial charge in [-0.2, -0.15) is 0 Å². The smallest absolute Gasteiger partial charge is 0.313 e. The molecule has 0 aliphatic heterocycles. The second-order valence-electron chi connectivity index (χ2n) is 3.87. The number of benzene rings is 1. The zero-order valence-electron chi connectivity index (χ0n) is 10.4. The lowest BCUT2D eigenvalue weighted by atomic mass is 10.1. The Bertz CT molecular complexity index is 669. The first-order valence-corrected chi connectivity index (χ1v) is 7.34. The molecule has 0 unspecified atom stereocenters. The number of nitro benzene ring substituents is 1. The van der Waals surface area contributed by atoms with E-state index in [-0.39, 0.29) is 11.4 Å². The van der Waals surface area contributed by atoms with E-state index in [1.165, 1.54) is 23.5 Å². The number of carbonyl (C=O) groups is 1. The Morgan fingerprint density at radius 1 is 1.55 bits per heavy atom. The van der Waals surface area contributed by atoms with Crippen LogP contribution in [-0.2, 0) is 4.79 Å². The number of hydrogen-bond acceptors (Lipinski definition) is 6. The molecule has 0 fully saturated rings. The summed E-state index contributed by atoms with van der Waals surface area (Å²) in [4.78, 5) is 26.1. The van der Waals surface area contributed by atoms with Crippen LogP contribution in [0.4, 0.5) is 5.69 Å². The number of rotatable bonds is 5. The van der Waals surface area contributed by atoms with Crippen LogP contribution < -0.4 is 0 Å². The van der Waals surface area contributed by atoms with Crippen molar-refractivity contribution in [1.29, 1.82) is 0 Å². The van der Waals surface area contributed by atoms with E-state index < -0.39 is 10.9 Å². The lowest BCUT2D eigenvalue weighted by molar-refractivity contribution is -0.384. The zero-order chi connectivity index (χ0) is 14.7. The van der Waals surface area contributed by atoms with Gasteiger partial charge in [0.1, 0.15) is 0 Å². The van der Waals surface area contributed by atoms with Crippen molar-refractivity contribution in [3.63, 3.8) is 0 Å². The third-order valence-electron chi connectivity index (χ3n) is 2.43. The molecule has 2 rings (SSSR count). The van der Waals surface area contributed by atoms with Gasteiger partial charge in [-0.3, -0.25) is 14.9 Å². The van der Waals surface area contributed by atoms with Crippen molar-refractivity contribution in [2.45, 2.75) is 11.3 Å². The van der Waals surface area contributed by atoms with Crippen molar-refractivity contribution < 1.29 is 14.8 Å². The van der Waals surface area contributed by atoms with E-state index in [9.17, 15) is 14.9 Å². The molecule has 8 heteroatoms. The number of aromatic nitrogens is 1. The second-order valence-corrected chi connectivity index (χ2v) is 6.30. The maximum absolute atomic E-state index is 10.8. The van der Waals surface area contributed by atoms with Crippen LogP contribution in [0.5, 0.6) is 0 Å². The van der Waals surface area contributed by atoms with Crippen molar-refractivity contribution in [3.8, 4) is 11.3 Å². The van der Waals surface area contributed by atoms with Crippen LogP contribution in [-0.4, -0.2) is 26.7 Å². The van der Waals surface area contributed by atoms with Gasteiger partial charge >= 0.3 is 5.97 Å². The molecular formula is C12H10N2O4S2. The molecule has 1 N–H and O–H groups in total. The van der Waals surface area contributed by atoms with Crippen LogP contribution in [0.2, 0.25) is 0 Å². The largest absolute Gasteiger partial charge is 0.481 e. The molecule has 2 aromatic rings. The highest BCUT2D eigenvalue weighted by Gasteiger charge is 2.14. The Kier molecular flexibility index (Phi) is 4.35. The number of carboxylic acid groups (broad SMARTS) is 1. The number of aliphatic carboxylic acids is 1. The summed E-state index contributed by atoms with van der Waals surface area (Å²) in [7, 11) is 0. The topological polar surface area (TPSA) is 93.3 Å². The van der Waals surface area contributed by atoms with Crippen LogP contribution in [0.15, 0.2) is 28.6 Å². The molecule has 6 nitrogen and oxygen atoms in total. The van der Waals surface area contributed by atoms with Crippen LogP contribution in [0, 0.1) is 17.0 Å². The summed E-state index contributed by atoms with van der Waals surface area (Å²) >= 11 is 2.53. The normalized spacial score (nSPS) is 10.4. The molecule has 1 aromatic carbocycles. The molecular weight excluding hydrogens is 300 g/mol. The Balaban J connectivity index is 2.30. The molecule has 20 heavy (non-hydrogen) atoms. The third-order valence-corrected chi connectivity index (χ3v) is 4.53. The number of thioether (sulfide) groups is 1. The van der Waals surface area contributed by atoms with E-state index in [1.807, 2.05) is 6.92 Å². The number of thiazole rings is 1. The van der Waals surface area contributed by atoms with E-state index in [0.29, 0.717) is 15.6 Å². The Morgan fingerprint density at radius 3 is 2.95 bits per heavy atom. The molecule has 0 spiro atoms. The fourth-order valence-electron chi connectivity index (χ4n) is 1.59. The summed E-state index contributed by atoms with van der Waals surface area (Å²) in [6, 6.07) is 6.25. The van der Waals surface area contributed by atoms with Gasteiger partial charge in [-0.05, 0) is 6.92 Å². The molecule has 1 aromatic heterocycles. The Morgan fingerprint density at radius 2 is 2.30 bits per heavy atom. The summed E-state index contributed by atoms with van der Waals surface area (Å²) in [5.74, 6) is -0.957. The Hall–Kier alpha value is -1.93. The van der Waals surface area contributed by atoms with Gasteiger partial charge in [-0.1, -0.05) is 23.9 Å². The van der Waals surface area contributed by atoms with Crippen LogP contribution in [0.25, 0.3) is 11.3 Å². The van der Waals surface area contributed by atoms with Crippen molar-refractivity contribution in [1.82, 2.24) is 4.98 Å². The molecule has 0 radical (unpaired) electrons. The fourth-order valence-corrected chi connectivity index (χ4v) is 3.44. The Labute approximate surface area is 122 Å². The van der Waals surface area contributed by atoms with Gasteiger partial charge in [0.15, 0.2) is 4.34 Å². The van der Waals surface area contributed by atoms with E-state index in [4.69, 9.17) is 5.11 Å². The highest BCUT2D eigenvalue weighted by atomic mass is 32.2. The minimum Gasteiger partial charge on any atom is -0.481 e. The monoisotopic (exact) mass is 310 g/mol. The van der Waals surface area contributed by atoms with Crippen LogP contribution >= 0.6 is 23.1 Å². The van der Waals surface area contributed by atoms with Gasteiger partial charge < -0.3 is 5.11 Å². The fraction of sp³-hybridized carbons (Fsp3) is 0.167. The summed E-state index contributed by atoms with van der Waals surface area (Å²) in [6.45, 7) is 1.86. The minimum atomic E-state index is -0.903. The average molecular weight is 310 g/mol. The number of non-ortho nitro benzene ring substituents is 1. The van der Waals surface area contributed by atoms with Crippen molar-refractivity contribution >= 4 is 34.8 Å². The number of nitro groups is 1. The summed E-state index contributed by atoms with van der Waals surface area (Å²) in [6.07, 6.45) is 0. The van der Waals surface area contributed by atoms with E-state index in [1.54, 1.807) is 12.1 Å². The summed E-state index contributed by atoms with van der Waals surface area (Å²) < 4.78 is 0.645. The maximum Gasteiger partial charge on any atom is 0.313 e. The van der Waals surface area contributed by atoms with Gasteiger partial charge in [0.2, 0.25) is 0 Å². The highest BCUT2D eigenvalue weighted by molar-refractivity contribution is 8.01. The molecule has 1 heterocycles. The number of aryl methyl sites for hydroxylation is 1. The number of nitrogens with zero attached hydrogens (tertiary/aromatic N) is 2. The first-order chi connectivity index (χ1) is 9.47. The van der Waals surface area contributed by atoms with E-state index >= 15 is 0 Å². The zero-order valence-corrected chi connectivity index (χ0v) is 12.0. The maximum atomic E-state index is 10.8. The third kappa shape index (κ3) is 3.34. The molecule has 0 saturated heterocycles. The molecule has 0 atom stereocenters. The predicted molar refractivity (Wildman–Crippen MR) is 77.3 cm³/mol. The summed E-state index contributed by atoms with van der Waals surface area (Å²) in [5, 5.41) is 19.4. The van der Waals surface area contributed by atoms with Crippen molar-refractivity contribution in [2.75, 3.05) is 5.75 Å².